The third-order valence-corrected chi connectivity index (χ3v) is 3.28. The van der Waals surface area contributed by atoms with Crippen molar-refractivity contribution in [3.63, 3.8) is 0 Å². The van der Waals surface area contributed by atoms with E-state index in [4.69, 9.17) is 0 Å². The third kappa shape index (κ3) is 4.29. The van der Waals surface area contributed by atoms with E-state index in [1.54, 1.807) is 7.05 Å². The van der Waals surface area contributed by atoms with Gasteiger partial charge in [-0.3, -0.25) is 0 Å². The van der Waals surface area contributed by atoms with E-state index in [1.807, 2.05) is 0 Å². The lowest BCUT2D eigenvalue weighted by Gasteiger charge is -2.16. The van der Waals surface area contributed by atoms with Crippen LogP contribution in [0.2, 0.25) is 0 Å². The number of benzene rings is 2. The minimum Gasteiger partial charge on any atom is -0.316 e. The van der Waals surface area contributed by atoms with Crippen molar-refractivity contribution in [2.75, 3.05) is 7.05 Å². The van der Waals surface area contributed by atoms with Gasteiger partial charge in [0.1, 0.15) is 11.6 Å². The summed E-state index contributed by atoms with van der Waals surface area (Å²) in [5.74, 6) is -3.06. The van der Waals surface area contributed by atoms with Crippen LogP contribution in [0.3, 0.4) is 0 Å². The zero-order valence-electron chi connectivity index (χ0n) is 11.5. The maximum absolute atomic E-state index is 13.2. The standard InChI is InChI=1S/C16H15F4N/c1-21-14(6-10-2-3-15(19)16(20)8-10)7-11-4-12(17)9-13(18)5-11/h2-5,8-9,14,21H,6-7H2,1H3. The van der Waals surface area contributed by atoms with Crippen LogP contribution in [0.5, 0.6) is 0 Å². The lowest BCUT2D eigenvalue weighted by molar-refractivity contribution is 0.502. The first-order valence-electron chi connectivity index (χ1n) is 6.54. The summed E-state index contributed by atoms with van der Waals surface area (Å²) in [5, 5.41) is 3.01. The number of hydrogen-bond donors (Lipinski definition) is 1. The van der Waals surface area contributed by atoms with Crippen molar-refractivity contribution in [3.8, 4) is 0 Å². The molecule has 0 bridgehead atoms. The second-order valence-corrected chi connectivity index (χ2v) is 4.92. The molecule has 21 heavy (non-hydrogen) atoms. The molecule has 0 aliphatic rings. The van der Waals surface area contributed by atoms with Crippen LogP contribution in [0.25, 0.3) is 0 Å². The van der Waals surface area contributed by atoms with E-state index < -0.39 is 23.3 Å². The van der Waals surface area contributed by atoms with Crippen molar-refractivity contribution >= 4 is 0 Å². The smallest absolute Gasteiger partial charge is 0.159 e. The van der Waals surface area contributed by atoms with Gasteiger partial charge in [-0.25, -0.2) is 17.6 Å². The molecule has 2 aromatic rings. The molecule has 0 saturated heterocycles. The Balaban J connectivity index is 2.10. The molecular formula is C16H15F4N. The molecule has 1 unspecified atom stereocenters. The minimum absolute atomic E-state index is 0.143. The Hall–Kier alpha value is -1.88. The molecule has 0 saturated carbocycles. The fraction of sp³-hybridized carbons (Fsp3) is 0.250. The van der Waals surface area contributed by atoms with E-state index in [1.165, 1.54) is 18.2 Å². The molecule has 2 rings (SSSR count). The summed E-state index contributed by atoms with van der Waals surface area (Å²) in [4.78, 5) is 0. The highest BCUT2D eigenvalue weighted by Gasteiger charge is 2.12. The van der Waals surface area contributed by atoms with E-state index >= 15 is 0 Å². The monoisotopic (exact) mass is 297 g/mol. The summed E-state index contributed by atoms with van der Waals surface area (Å²) in [7, 11) is 1.71. The van der Waals surface area contributed by atoms with Crippen LogP contribution in [0.15, 0.2) is 36.4 Å². The first-order valence-corrected chi connectivity index (χ1v) is 6.54. The van der Waals surface area contributed by atoms with Gasteiger partial charge in [0, 0.05) is 12.1 Å². The van der Waals surface area contributed by atoms with E-state index in [2.05, 4.69) is 5.32 Å². The van der Waals surface area contributed by atoms with E-state index in [-0.39, 0.29) is 6.04 Å². The molecule has 1 atom stereocenters. The zero-order valence-corrected chi connectivity index (χ0v) is 11.5. The van der Waals surface area contributed by atoms with Crippen LogP contribution in [-0.4, -0.2) is 13.1 Å². The normalized spacial score (nSPS) is 12.4. The number of likely N-dealkylation sites (N-methyl/N-ethyl adjacent to an activating group) is 1. The van der Waals surface area contributed by atoms with Gasteiger partial charge in [-0.1, -0.05) is 6.07 Å². The first-order chi connectivity index (χ1) is 9.97. The SMILES string of the molecule is CNC(Cc1cc(F)cc(F)c1)Cc1ccc(F)c(F)c1. The number of halogens is 4. The van der Waals surface area contributed by atoms with Crippen molar-refractivity contribution in [3.05, 3.63) is 70.8 Å². The molecular weight excluding hydrogens is 282 g/mol. The first kappa shape index (κ1) is 15.5. The maximum Gasteiger partial charge on any atom is 0.159 e. The maximum atomic E-state index is 13.2. The number of hydrogen-bond acceptors (Lipinski definition) is 1. The molecule has 0 fully saturated rings. The van der Waals surface area contributed by atoms with Gasteiger partial charge in [0.15, 0.2) is 11.6 Å². The van der Waals surface area contributed by atoms with E-state index in [9.17, 15) is 17.6 Å². The molecule has 0 aliphatic carbocycles. The third-order valence-electron chi connectivity index (χ3n) is 3.28. The molecule has 1 nitrogen and oxygen atoms in total. The van der Waals surface area contributed by atoms with Crippen LogP contribution >= 0.6 is 0 Å². The highest BCUT2D eigenvalue weighted by Crippen LogP contribution is 2.14. The van der Waals surface area contributed by atoms with Gasteiger partial charge in [0.2, 0.25) is 0 Å². The quantitative estimate of drug-likeness (QED) is 0.831. The second-order valence-electron chi connectivity index (χ2n) is 4.92. The van der Waals surface area contributed by atoms with Gasteiger partial charge in [-0.05, 0) is 55.3 Å². The van der Waals surface area contributed by atoms with Gasteiger partial charge < -0.3 is 5.32 Å². The highest BCUT2D eigenvalue weighted by molar-refractivity contribution is 5.22. The summed E-state index contributed by atoms with van der Waals surface area (Å²) in [6, 6.07) is 6.89. The van der Waals surface area contributed by atoms with Gasteiger partial charge in [-0.2, -0.15) is 0 Å². The average molecular weight is 297 g/mol. The Morgan fingerprint density at radius 2 is 1.43 bits per heavy atom. The van der Waals surface area contributed by atoms with Crippen LogP contribution in [-0.2, 0) is 12.8 Å². The summed E-state index contributed by atoms with van der Waals surface area (Å²) in [6.07, 6.45) is 0.802. The molecule has 0 amide bonds. The lowest BCUT2D eigenvalue weighted by atomic mass is 9.99. The molecule has 0 radical (unpaired) electrons. The Morgan fingerprint density at radius 3 is 2.00 bits per heavy atom. The topological polar surface area (TPSA) is 12.0 Å². The van der Waals surface area contributed by atoms with Gasteiger partial charge in [-0.15, -0.1) is 0 Å². The van der Waals surface area contributed by atoms with Crippen molar-refractivity contribution in [1.29, 1.82) is 0 Å². The van der Waals surface area contributed by atoms with Crippen molar-refractivity contribution in [2.24, 2.45) is 0 Å². The predicted molar refractivity (Wildman–Crippen MR) is 73.0 cm³/mol. The molecule has 112 valence electrons. The number of rotatable bonds is 5. The van der Waals surface area contributed by atoms with Crippen molar-refractivity contribution in [1.82, 2.24) is 5.32 Å². The lowest BCUT2D eigenvalue weighted by Crippen LogP contribution is -2.30. The fourth-order valence-electron chi connectivity index (χ4n) is 2.24. The Bertz CT molecular complexity index is 607. The largest absolute Gasteiger partial charge is 0.316 e. The Kier molecular flexibility index (Phi) is 4.96. The van der Waals surface area contributed by atoms with Crippen LogP contribution in [0, 0.1) is 23.3 Å². The Morgan fingerprint density at radius 1 is 0.810 bits per heavy atom. The molecule has 0 aromatic heterocycles. The highest BCUT2D eigenvalue weighted by atomic mass is 19.2. The van der Waals surface area contributed by atoms with Gasteiger partial charge in [0.25, 0.3) is 0 Å². The second kappa shape index (κ2) is 6.72. The van der Waals surface area contributed by atoms with Crippen LogP contribution in [0.1, 0.15) is 11.1 Å². The van der Waals surface area contributed by atoms with Crippen molar-refractivity contribution < 1.29 is 17.6 Å². The van der Waals surface area contributed by atoms with Crippen LogP contribution in [0.4, 0.5) is 17.6 Å². The predicted octanol–water partition coefficient (Wildman–Crippen LogP) is 3.62. The Labute approximate surface area is 120 Å². The van der Waals surface area contributed by atoms with Gasteiger partial charge in [0.05, 0.1) is 0 Å². The summed E-state index contributed by atoms with van der Waals surface area (Å²) >= 11 is 0. The molecule has 5 heteroatoms. The molecule has 0 aliphatic heterocycles. The summed E-state index contributed by atoms with van der Waals surface area (Å²) in [6.45, 7) is 0. The zero-order chi connectivity index (χ0) is 15.4. The van der Waals surface area contributed by atoms with Gasteiger partial charge >= 0.3 is 0 Å². The molecule has 0 heterocycles. The number of nitrogens with one attached hydrogen (secondary N) is 1. The van der Waals surface area contributed by atoms with E-state index in [0.29, 0.717) is 24.0 Å². The van der Waals surface area contributed by atoms with Crippen molar-refractivity contribution in [2.45, 2.75) is 18.9 Å². The molecule has 1 N–H and O–H groups in total. The summed E-state index contributed by atoms with van der Waals surface area (Å²) < 4.78 is 52.4. The molecule has 0 spiro atoms. The summed E-state index contributed by atoms with van der Waals surface area (Å²) in [5.41, 5.74) is 1.12. The van der Waals surface area contributed by atoms with Crippen LogP contribution < -0.4 is 5.32 Å². The van der Waals surface area contributed by atoms with E-state index in [0.717, 1.165) is 18.2 Å². The average Bonchev–Trinajstić information content (AvgIpc) is 2.41. The molecule has 2 aromatic carbocycles. The fourth-order valence-corrected chi connectivity index (χ4v) is 2.24. The minimum atomic E-state index is -0.904.